The molecule has 0 spiro atoms. The van der Waals surface area contributed by atoms with Crippen molar-refractivity contribution in [2.75, 3.05) is 7.05 Å². The number of aliphatic carboxylic acids is 1. The molecule has 0 radical (unpaired) electrons. The first kappa shape index (κ1) is 10.5. The van der Waals surface area contributed by atoms with Gasteiger partial charge in [-0.3, -0.25) is 9.59 Å². The van der Waals surface area contributed by atoms with E-state index in [1.807, 2.05) is 0 Å². The van der Waals surface area contributed by atoms with Crippen LogP contribution < -0.4 is 10.9 Å². The minimum absolute atomic E-state index is 0.220. The van der Waals surface area contributed by atoms with Crippen molar-refractivity contribution in [3.63, 3.8) is 0 Å². The van der Waals surface area contributed by atoms with Crippen molar-refractivity contribution in [2.24, 2.45) is 0 Å². The van der Waals surface area contributed by atoms with Gasteiger partial charge in [0.15, 0.2) is 0 Å². The lowest BCUT2D eigenvalue weighted by atomic mass is 10.1. The Balaban J connectivity index is 2.77. The van der Waals surface area contributed by atoms with Gasteiger partial charge in [0.05, 0.1) is 0 Å². The number of carbonyl (C=O) groups is 1. The van der Waals surface area contributed by atoms with Gasteiger partial charge in [0, 0.05) is 12.3 Å². The highest BCUT2D eigenvalue weighted by molar-refractivity contribution is 5.73. The van der Waals surface area contributed by atoms with Crippen LogP contribution in [0.15, 0.2) is 23.1 Å². The maximum absolute atomic E-state index is 10.9. The Bertz CT molecular complexity index is 372. The van der Waals surface area contributed by atoms with E-state index >= 15 is 0 Å². The smallest absolute Gasteiger partial charge is 0.321 e. The second-order valence-electron chi connectivity index (χ2n) is 2.94. The van der Waals surface area contributed by atoms with Crippen molar-refractivity contribution in [1.29, 1.82) is 0 Å². The number of H-pyrrole nitrogens is 1. The molecule has 1 atom stereocenters. The number of rotatable bonds is 4. The molecule has 0 saturated carbocycles. The molecule has 1 heterocycles. The minimum Gasteiger partial charge on any atom is -0.480 e. The number of nitrogens with one attached hydrogen (secondary N) is 2. The molecular weight excluding hydrogens is 184 g/mol. The van der Waals surface area contributed by atoms with Crippen LogP contribution in [0.25, 0.3) is 0 Å². The Morgan fingerprint density at radius 1 is 1.71 bits per heavy atom. The monoisotopic (exact) mass is 196 g/mol. The average Bonchev–Trinajstić information content (AvgIpc) is 2.14. The highest BCUT2D eigenvalue weighted by atomic mass is 16.4. The lowest BCUT2D eigenvalue weighted by molar-refractivity contribution is -0.139. The van der Waals surface area contributed by atoms with Crippen LogP contribution >= 0.6 is 0 Å². The molecule has 5 heteroatoms. The molecule has 3 N–H and O–H groups in total. The van der Waals surface area contributed by atoms with E-state index in [1.54, 1.807) is 13.1 Å². The summed E-state index contributed by atoms with van der Waals surface area (Å²) in [5, 5.41) is 11.4. The van der Waals surface area contributed by atoms with Crippen molar-refractivity contribution in [1.82, 2.24) is 10.3 Å². The molecule has 1 aromatic rings. The van der Waals surface area contributed by atoms with Crippen LogP contribution in [0.4, 0.5) is 0 Å². The summed E-state index contributed by atoms with van der Waals surface area (Å²) in [7, 11) is 1.58. The molecule has 0 amide bonds. The normalized spacial score (nSPS) is 12.4. The molecule has 0 unspecified atom stereocenters. The van der Waals surface area contributed by atoms with Crippen LogP contribution in [0, 0.1) is 0 Å². The summed E-state index contributed by atoms with van der Waals surface area (Å²) >= 11 is 0. The molecule has 1 aromatic heterocycles. The first-order valence-corrected chi connectivity index (χ1v) is 4.21. The number of hydrogen-bond donors (Lipinski definition) is 3. The van der Waals surface area contributed by atoms with Gasteiger partial charge >= 0.3 is 5.97 Å². The van der Waals surface area contributed by atoms with E-state index in [2.05, 4.69) is 10.3 Å². The zero-order chi connectivity index (χ0) is 10.6. The van der Waals surface area contributed by atoms with E-state index in [4.69, 9.17) is 5.11 Å². The molecule has 14 heavy (non-hydrogen) atoms. The predicted octanol–water partition coefficient (Wildman–Crippen LogP) is -0.410. The fourth-order valence-electron chi connectivity index (χ4n) is 1.16. The van der Waals surface area contributed by atoms with E-state index in [-0.39, 0.29) is 5.56 Å². The van der Waals surface area contributed by atoms with Crippen molar-refractivity contribution in [3.05, 3.63) is 34.2 Å². The third-order valence-corrected chi connectivity index (χ3v) is 1.93. The van der Waals surface area contributed by atoms with Gasteiger partial charge in [-0.05, 0) is 25.1 Å². The van der Waals surface area contributed by atoms with Gasteiger partial charge in [-0.1, -0.05) is 0 Å². The van der Waals surface area contributed by atoms with Crippen molar-refractivity contribution in [3.8, 4) is 0 Å². The number of carboxylic acids is 1. The lowest BCUT2D eigenvalue weighted by Gasteiger charge is -2.10. The number of carboxylic acid groups (broad SMARTS) is 1. The number of aromatic nitrogens is 1. The second-order valence-corrected chi connectivity index (χ2v) is 2.94. The van der Waals surface area contributed by atoms with Gasteiger partial charge in [-0.2, -0.15) is 0 Å². The largest absolute Gasteiger partial charge is 0.480 e. The molecule has 0 aromatic carbocycles. The van der Waals surface area contributed by atoms with E-state index in [9.17, 15) is 9.59 Å². The summed E-state index contributed by atoms with van der Waals surface area (Å²) in [6.45, 7) is 0. The van der Waals surface area contributed by atoms with Gasteiger partial charge in [0.2, 0.25) is 5.56 Å². The number of pyridine rings is 1. The zero-order valence-corrected chi connectivity index (χ0v) is 7.78. The number of hydrogen-bond acceptors (Lipinski definition) is 3. The molecular formula is C9H12N2O3. The summed E-state index contributed by atoms with van der Waals surface area (Å²) < 4.78 is 0. The van der Waals surface area contributed by atoms with Crippen LogP contribution in [-0.4, -0.2) is 29.1 Å². The highest BCUT2D eigenvalue weighted by Gasteiger charge is 2.14. The molecule has 0 aliphatic rings. The van der Waals surface area contributed by atoms with Gasteiger partial charge in [-0.15, -0.1) is 0 Å². The summed E-state index contributed by atoms with van der Waals surface area (Å²) in [5.74, 6) is -0.923. The molecule has 0 bridgehead atoms. The van der Waals surface area contributed by atoms with E-state index in [0.29, 0.717) is 12.0 Å². The SMILES string of the molecule is CN[C@@H](Cc1cc[nH]c(=O)c1)C(=O)O. The average molecular weight is 196 g/mol. The maximum Gasteiger partial charge on any atom is 0.321 e. The lowest BCUT2D eigenvalue weighted by Crippen LogP contribution is -2.35. The van der Waals surface area contributed by atoms with Gasteiger partial charge in [0.25, 0.3) is 0 Å². The third-order valence-electron chi connectivity index (χ3n) is 1.93. The summed E-state index contributed by atoms with van der Waals surface area (Å²) in [5.41, 5.74) is 0.484. The Morgan fingerprint density at radius 2 is 2.43 bits per heavy atom. The standard InChI is InChI=1S/C9H12N2O3/c1-10-7(9(13)14)4-6-2-3-11-8(12)5-6/h2-3,5,7,10H,4H2,1H3,(H,11,12)(H,13,14)/t7-/m0/s1. The van der Waals surface area contributed by atoms with Crippen LogP contribution in [-0.2, 0) is 11.2 Å². The quantitative estimate of drug-likeness (QED) is 0.611. The van der Waals surface area contributed by atoms with E-state index in [0.717, 1.165) is 0 Å². The Kier molecular flexibility index (Phi) is 3.41. The van der Waals surface area contributed by atoms with E-state index in [1.165, 1.54) is 12.3 Å². The second kappa shape index (κ2) is 4.57. The summed E-state index contributed by atoms with van der Waals surface area (Å²) in [6, 6.07) is 2.43. The van der Waals surface area contributed by atoms with Crippen LogP contribution in [0.1, 0.15) is 5.56 Å². The Hall–Kier alpha value is -1.62. The maximum atomic E-state index is 10.9. The molecule has 5 nitrogen and oxygen atoms in total. The molecule has 0 fully saturated rings. The zero-order valence-electron chi connectivity index (χ0n) is 7.78. The first-order chi connectivity index (χ1) is 6.63. The summed E-state index contributed by atoms with van der Waals surface area (Å²) in [4.78, 5) is 24.0. The highest BCUT2D eigenvalue weighted by Crippen LogP contribution is 1.99. The van der Waals surface area contributed by atoms with Crippen LogP contribution in [0.3, 0.4) is 0 Å². The van der Waals surface area contributed by atoms with Gasteiger partial charge < -0.3 is 15.4 Å². The summed E-state index contributed by atoms with van der Waals surface area (Å²) in [6.07, 6.45) is 1.81. The predicted molar refractivity (Wildman–Crippen MR) is 51.3 cm³/mol. The van der Waals surface area contributed by atoms with E-state index < -0.39 is 12.0 Å². The molecule has 76 valence electrons. The molecule has 1 rings (SSSR count). The minimum atomic E-state index is -0.923. The topological polar surface area (TPSA) is 82.2 Å². The third kappa shape index (κ3) is 2.70. The van der Waals surface area contributed by atoms with Crippen molar-refractivity contribution < 1.29 is 9.90 Å². The molecule has 0 aliphatic carbocycles. The van der Waals surface area contributed by atoms with Crippen LogP contribution in [0.5, 0.6) is 0 Å². The van der Waals surface area contributed by atoms with Crippen LogP contribution in [0.2, 0.25) is 0 Å². The fourth-order valence-corrected chi connectivity index (χ4v) is 1.16. The molecule has 0 aliphatic heterocycles. The number of likely N-dealkylation sites (N-methyl/N-ethyl adjacent to an activating group) is 1. The molecule has 0 saturated heterocycles. The fraction of sp³-hybridized carbons (Fsp3) is 0.333. The Morgan fingerprint density at radius 3 is 2.93 bits per heavy atom. The van der Waals surface area contributed by atoms with Gasteiger partial charge in [-0.25, -0.2) is 0 Å². The Labute approximate surface area is 80.8 Å². The first-order valence-electron chi connectivity index (χ1n) is 4.21. The van der Waals surface area contributed by atoms with Crippen molar-refractivity contribution >= 4 is 5.97 Å². The van der Waals surface area contributed by atoms with Crippen molar-refractivity contribution in [2.45, 2.75) is 12.5 Å². The number of aromatic amines is 1. The van der Waals surface area contributed by atoms with Gasteiger partial charge in [0.1, 0.15) is 6.04 Å².